The van der Waals surface area contributed by atoms with Crippen LogP contribution in [-0.2, 0) is 4.74 Å². The molecule has 0 N–H and O–H groups in total. The van der Waals surface area contributed by atoms with Crippen molar-refractivity contribution in [2.45, 2.75) is 25.4 Å². The third-order valence-corrected chi connectivity index (χ3v) is 5.90. The van der Waals surface area contributed by atoms with Crippen LogP contribution in [0.25, 0.3) is 0 Å². The van der Waals surface area contributed by atoms with Crippen molar-refractivity contribution in [2.75, 3.05) is 26.3 Å². The highest BCUT2D eigenvalue weighted by atomic mass is 32.1. The number of amides is 1. The number of rotatable bonds is 4. The number of carbonyl (C=O) groups is 1. The SMILES string of the molecule is O=C(c1ccsc1)N1CCC2(CC1)COC(COc1ccccn1)C2. The molecule has 0 aromatic carbocycles. The standard InChI is InChI=1S/C19H22N2O3S/c22-18(15-4-10-25-13-15)21-8-5-19(6-9-21)11-16(24-14-19)12-23-17-3-1-2-7-20-17/h1-4,7,10,13,16H,5-6,8-9,11-12,14H2. The molecule has 1 unspecified atom stereocenters. The number of nitrogens with zero attached hydrogens (tertiary/aromatic N) is 2. The lowest BCUT2D eigenvalue weighted by Crippen LogP contribution is -2.43. The van der Waals surface area contributed by atoms with Gasteiger partial charge in [0.25, 0.3) is 5.91 Å². The minimum Gasteiger partial charge on any atom is -0.475 e. The van der Waals surface area contributed by atoms with Gasteiger partial charge in [-0.25, -0.2) is 4.98 Å². The molecular formula is C19H22N2O3S. The highest BCUT2D eigenvalue weighted by molar-refractivity contribution is 7.08. The van der Waals surface area contributed by atoms with E-state index < -0.39 is 0 Å². The van der Waals surface area contributed by atoms with E-state index in [9.17, 15) is 4.79 Å². The van der Waals surface area contributed by atoms with Crippen LogP contribution in [0.3, 0.4) is 0 Å². The second-order valence-corrected chi connectivity index (χ2v) is 7.70. The molecule has 2 saturated heterocycles. The fourth-order valence-electron chi connectivity index (χ4n) is 3.71. The zero-order valence-corrected chi connectivity index (χ0v) is 14.9. The Hall–Kier alpha value is -1.92. The first-order chi connectivity index (χ1) is 12.2. The molecule has 132 valence electrons. The van der Waals surface area contributed by atoms with Crippen LogP contribution in [0.15, 0.2) is 41.2 Å². The molecule has 2 aromatic heterocycles. The smallest absolute Gasteiger partial charge is 0.254 e. The first kappa shape index (κ1) is 16.5. The summed E-state index contributed by atoms with van der Waals surface area (Å²) in [6.07, 6.45) is 4.85. The van der Waals surface area contributed by atoms with Gasteiger partial charge in [0, 0.05) is 30.7 Å². The number of likely N-dealkylation sites (tertiary alicyclic amines) is 1. The number of ether oxygens (including phenoxy) is 2. The van der Waals surface area contributed by atoms with Crippen molar-refractivity contribution >= 4 is 17.2 Å². The van der Waals surface area contributed by atoms with E-state index >= 15 is 0 Å². The van der Waals surface area contributed by atoms with E-state index in [0.717, 1.165) is 44.5 Å². The van der Waals surface area contributed by atoms with Crippen LogP contribution in [-0.4, -0.2) is 48.2 Å². The van der Waals surface area contributed by atoms with Crippen molar-refractivity contribution in [1.82, 2.24) is 9.88 Å². The fraction of sp³-hybridized carbons (Fsp3) is 0.474. The Bertz CT molecular complexity index is 697. The minimum absolute atomic E-state index is 0.112. The summed E-state index contributed by atoms with van der Waals surface area (Å²) in [5.74, 6) is 0.799. The number of carbonyl (C=O) groups excluding carboxylic acids is 1. The predicted octanol–water partition coefficient (Wildman–Crippen LogP) is 3.23. The van der Waals surface area contributed by atoms with Gasteiger partial charge in [0.15, 0.2) is 0 Å². The van der Waals surface area contributed by atoms with E-state index in [-0.39, 0.29) is 17.4 Å². The van der Waals surface area contributed by atoms with Gasteiger partial charge in [0.1, 0.15) is 6.61 Å². The predicted molar refractivity (Wildman–Crippen MR) is 96.0 cm³/mol. The second kappa shape index (κ2) is 7.14. The highest BCUT2D eigenvalue weighted by Crippen LogP contribution is 2.42. The lowest BCUT2D eigenvalue weighted by Gasteiger charge is -2.38. The van der Waals surface area contributed by atoms with Gasteiger partial charge in [-0.05, 0) is 42.2 Å². The Kier molecular flexibility index (Phi) is 4.72. The first-order valence-corrected chi connectivity index (χ1v) is 9.65. The molecule has 25 heavy (non-hydrogen) atoms. The van der Waals surface area contributed by atoms with E-state index in [4.69, 9.17) is 9.47 Å². The second-order valence-electron chi connectivity index (χ2n) is 6.92. The van der Waals surface area contributed by atoms with Crippen LogP contribution in [0, 0.1) is 5.41 Å². The van der Waals surface area contributed by atoms with Crippen molar-refractivity contribution < 1.29 is 14.3 Å². The summed E-state index contributed by atoms with van der Waals surface area (Å²) in [6.45, 7) is 2.93. The number of hydrogen-bond donors (Lipinski definition) is 0. The highest BCUT2D eigenvalue weighted by Gasteiger charge is 2.43. The van der Waals surface area contributed by atoms with Crippen LogP contribution in [0.1, 0.15) is 29.6 Å². The molecule has 4 rings (SSSR count). The van der Waals surface area contributed by atoms with Gasteiger partial charge in [-0.3, -0.25) is 4.79 Å². The van der Waals surface area contributed by atoms with Gasteiger partial charge in [0.05, 0.1) is 18.3 Å². The monoisotopic (exact) mass is 358 g/mol. The Morgan fingerprint density at radius 2 is 2.24 bits per heavy atom. The van der Waals surface area contributed by atoms with E-state index in [1.54, 1.807) is 17.5 Å². The van der Waals surface area contributed by atoms with Crippen LogP contribution >= 0.6 is 11.3 Å². The average Bonchev–Trinajstić information content (AvgIpc) is 3.32. The van der Waals surface area contributed by atoms with Gasteiger partial charge in [-0.15, -0.1) is 0 Å². The summed E-state index contributed by atoms with van der Waals surface area (Å²) >= 11 is 1.57. The molecule has 1 atom stereocenters. The summed E-state index contributed by atoms with van der Waals surface area (Å²) < 4.78 is 11.7. The number of hydrogen-bond acceptors (Lipinski definition) is 5. The molecule has 1 amide bonds. The first-order valence-electron chi connectivity index (χ1n) is 8.71. The maximum absolute atomic E-state index is 12.5. The molecule has 0 saturated carbocycles. The Morgan fingerprint density at radius 3 is 2.96 bits per heavy atom. The molecule has 0 bridgehead atoms. The summed E-state index contributed by atoms with van der Waals surface area (Å²) in [4.78, 5) is 18.6. The molecule has 0 aliphatic carbocycles. The lowest BCUT2D eigenvalue weighted by molar-refractivity contribution is 0.0423. The Balaban J connectivity index is 1.28. The van der Waals surface area contributed by atoms with E-state index in [1.165, 1.54) is 0 Å². The number of aromatic nitrogens is 1. The maximum Gasteiger partial charge on any atom is 0.254 e. The molecule has 6 heteroatoms. The topological polar surface area (TPSA) is 51.7 Å². The third kappa shape index (κ3) is 3.70. The fourth-order valence-corrected chi connectivity index (χ4v) is 4.34. The number of piperidine rings is 1. The van der Waals surface area contributed by atoms with Gasteiger partial charge < -0.3 is 14.4 Å². The van der Waals surface area contributed by atoms with Gasteiger partial charge in [0.2, 0.25) is 5.88 Å². The van der Waals surface area contributed by atoms with E-state index in [2.05, 4.69) is 4.98 Å². The molecule has 1 spiro atoms. The summed E-state index contributed by atoms with van der Waals surface area (Å²) in [5.41, 5.74) is 1.01. The molecule has 2 aliphatic rings. The van der Waals surface area contributed by atoms with Crippen molar-refractivity contribution in [3.63, 3.8) is 0 Å². The van der Waals surface area contributed by atoms with Crippen molar-refractivity contribution in [3.8, 4) is 5.88 Å². The van der Waals surface area contributed by atoms with Crippen LogP contribution in [0.4, 0.5) is 0 Å². The molecule has 5 nitrogen and oxygen atoms in total. The third-order valence-electron chi connectivity index (χ3n) is 5.22. The summed E-state index contributed by atoms with van der Waals surface area (Å²) in [5, 5.41) is 3.88. The molecule has 0 radical (unpaired) electrons. The van der Waals surface area contributed by atoms with Crippen LogP contribution < -0.4 is 4.74 Å². The Labute approximate surface area is 151 Å². The van der Waals surface area contributed by atoms with Crippen LogP contribution in [0.2, 0.25) is 0 Å². The van der Waals surface area contributed by atoms with Gasteiger partial charge >= 0.3 is 0 Å². The van der Waals surface area contributed by atoms with E-state index in [0.29, 0.717) is 12.5 Å². The number of pyridine rings is 1. The molecule has 4 heterocycles. The maximum atomic E-state index is 12.5. The zero-order chi connectivity index (χ0) is 17.1. The summed E-state index contributed by atoms with van der Waals surface area (Å²) in [6, 6.07) is 7.55. The Morgan fingerprint density at radius 1 is 1.36 bits per heavy atom. The van der Waals surface area contributed by atoms with Crippen molar-refractivity contribution in [3.05, 3.63) is 46.8 Å². The lowest BCUT2D eigenvalue weighted by atomic mass is 9.76. The number of thiophene rings is 1. The van der Waals surface area contributed by atoms with Gasteiger partial charge in [-0.2, -0.15) is 11.3 Å². The molecule has 2 aromatic rings. The van der Waals surface area contributed by atoms with Gasteiger partial charge in [-0.1, -0.05) is 6.07 Å². The molecule has 2 aliphatic heterocycles. The molecular weight excluding hydrogens is 336 g/mol. The normalized spacial score (nSPS) is 22.2. The van der Waals surface area contributed by atoms with E-state index in [1.807, 2.05) is 39.9 Å². The largest absolute Gasteiger partial charge is 0.475 e. The molecule has 2 fully saturated rings. The minimum atomic E-state index is 0.112. The van der Waals surface area contributed by atoms with Crippen molar-refractivity contribution in [2.24, 2.45) is 5.41 Å². The average molecular weight is 358 g/mol. The van der Waals surface area contributed by atoms with Crippen LogP contribution in [0.5, 0.6) is 5.88 Å². The van der Waals surface area contributed by atoms with Crippen molar-refractivity contribution in [1.29, 1.82) is 0 Å². The zero-order valence-electron chi connectivity index (χ0n) is 14.1. The quantitative estimate of drug-likeness (QED) is 0.842. The summed E-state index contributed by atoms with van der Waals surface area (Å²) in [7, 11) is 0.